The summed E-state index contributed by atoms with van der Waals surface area (Å²) in [5.41, 5.74) is 2.69. The van der Waals surface area contributed by atoms with E-state index in [4.69, 9.17) is 11.6 Å². The van der Waals surface area contributed by atoms with Gasteiger partial charge in [-0.15, -0.1) is 24.8 Å². The SMILES string of the molecule is Cl.Cl.Clc1cccc2c1CCN(CC1=NCCN1)C2. The van der Waals surface area contributed by atoms with Crippen LogP contribution >= 0.6 is 36.4 Å². The van der Waals surface area contributed by atoms with E-state index in [9.17, 15) is 0 Å². The number of nitrogens with one attached hydrogen (secondary N) is 1. The molecule has 0 radical (unpaired) electrons. The number of nitrogens with zero attached hydrogens (tertiary/aromatic N) is 2. The van der Waals surface area contributed by atoms with Crippen molar-refractivity contribution < 1.29 is 0 Å². The van der Waals surface area contributed by atoms with Gasteiger partial charge in [0.15, 0.2) is 0 Å². The zero-order chi connectivity index (χ0) is 11.7. The van der Waals surface area contributed by atoms with Crippen molar-refractivity contribution in [1.82, 2.24) is 10.2 Å². The fourth-order valence-corrected chi connectivity index (χ4v) is 2.81. The van der Waals surface area contributed by atoms with E-state index in [1.54, 1.807) is 0 Å². The Bertz CT molecular complexity index is 462. The summed E-state index contributed by atoms with van der Waals surface area (Å²) in [7, 11) is 0. The van der Waals surface area contributed by atoms with Crippen molar-refractivity contribution in [3.63, 3.8) is 0 Å². The van der Waals surface area contributed by atoms with Gasteiger partial charge in [0.2, 0.25) is 0 Å². The Hall–Kier alpha value is -0.480. The Balaban J connectivity index is 0.000000902. The molecule has 19 heavy (non-hydrogen) atoms. The molecule has 1 aromatic carbocycles. The van der Waals surface area contributed by atoms with E-state index in [-0.39, 0.29) is 24.8 Å². The Kier molecular flexibility index (Phi) is 6.40. The maximum Gasteiger partial charge on any atom is 0.111 e. The van der Waals surface area contributed by atoms with Gasteiger partial charge in [-0.05, 0) is 23.6 Å². The number of halogens is 3. The highest BCUT2D eigenvalue weighted by atomic mass is 35.5. The second-order valence-corrected chi connectivity index (χ2v) is 5.00. The first-order chi connectivity index (χ1) is 8.33. The number of benzene rings is 1. The maximum atomic E-state index is 6.21. The monoisotopic (exact) mass is 321 g/mol. The van der Waals surface area contributed by atoms with Crippen LogP contribution in [-0.4, -0.2) is 36.9 Å². The summed E-state index contributed by atoms with van der Waals surface area (Å²) in [5.74, 6) is 1.13. The first-order valence-corrected chi connectivity index (χ1v) is 6.46. The molecule has 1 N–H and O–H groups in total. The number of fused-ring (bicyclic) bond motifs is 1. The molecule has 1 aromatic rings. The zero-order valence-corrected chi connectivity index (χ0v) is 13.0. The van der Waals surface area contributed by atoms with Crippen LogP contribution in [0.5, 0.6) is 0 Å². The van der Waals surface area contributed by atoms with Crippen LogP contribution in [0, 0.1) is 0 Å². The lowest BCUT2D eigenvalue weighted by Crippen LogP contribution is -2.38. The van der Waals surface area contributed by atoms with E-state index in [1.165, 1.54) is 11.1 Å². The predicted molar refractivity (Wildman–Crippen MR) is 85.2 cm³/mol. The molecule has 0 aromatic heterocycles. The normalized spacial score (nSPS) is 17.6. The van der Waals surface area contributed by atoms with Crippen LogP contribution in [-0.2, 0) is 13.0 Å². The molecule has 3 rings (SSSR count). The summed E-state index contributed by atoms with van der Waals surface area (Å²) in [6.07, 6.45) is 1.04. The van der Waals surface area contributed by atoms with Crippen LogP contribution in [0.3, 0.4) is 0 Å². The third-order valence-corrected chi connectivity index (χ3v) is 3.76. The van der Waals surface area contributed by atoms with Crippen LogP contribution in [0.15, 0.2) is 23.2 Å². The molecule has 0 unspecified atom stereocenters. The number of hydrogen-bond donors (Lipinski definition) is 1. The molecule has 0 bridgehead atoms. The average molecular weight is 323 g/mol. The molecule has 0 spiro atoms. The van der Waals surface area contributed by atoms with Crippen molar-refractivity contribution in [2.45, 2.75) is 13.0 Å². The second-order valence-electron chi connectivity index (χ2n) is 4.59. The minimum Gasteiger partial charge on any atom is -0.371 e. The molecule has 6 heteroatoms. The molecule has 2 aliphatic heterocycles. The molecular formula is C13H18Cl3N3. The van der Waals surface area contributed by atoms with E-state index < -0.39 is 0 Å². The summed E-state index contributed by atoms with van der Waals surface area (Å²) in [6.45, 7) is 4.90. The number of hydrogen-bond acceptors (Lipinski definition) is 3. The second kappa shape index (κ2) is 7.34. The highest BCUT2D eigenvalue weighted by Crippen LogP contribution is 2.25. The van der Waals surface area contributed by atoms with Gasteiger partial charge in [-0.2, -0.15) is 0 Å². The maximum absolute atomic E-state index is 6.21. The molecule has 0 saturated carbocycles. The lowest BCUT2D eigenvalue weighted by molar-refractivity contribution is 0.288. The van der Waals surface area contributed by atoms with Crippen LogP contribution in [0.2, 0.25) is 5.02 Å². The molecule has 0 aliphatic carbocycles. The number of aliphatic imine (C=N–C) groups is 1. The molecular weight excluding hydrogens is 305 g/mol. The minimum atomic E-state index is 0. The molecule has 2 aliphatic rings. The van der Waals surface area contributed by atoms with Crippen LogP contribution in [0.1, 0.15) is 11.1 Å². The van der Waals surface area contributed by atoms with Gasteiger partial charge in [0.25, 0.3) is 0 Å². The summed E-state index contributed by atoms with van der Waals surface area (Å²) in [6, 6.07) is 6.20. The Morgan fingerprint density at radius 3 is 2.89 bits per heavy atom. The first kappa shape index (κ1) is 16.6. The molecule has 0 atom stereocenters. The van der Waals surface area contributed by atoms with Crippen molar-refractivity contribution >= 4 is 42.3 Å². The summed E-state index contributed by atoms with van der Waals surface area (Å²) in [5, 5.41) is 4.24. The summed E-state index contributed by atoms with van der Waals surface area (Å²) >= 11 is 6.21. The standard InChI is InChI=1S/C13H16ClN3.2ClH/c14-12-3-1-2-10-8-17(7-4-11(10)12)9-13-15-5-6-16-13;;/h1-3H,4-9H2,(H,15,16);2*1H. The van der Waals surface area contributed by atoms with Gasteiger partial charge in [-0.1, -0.05) is 23.7 Å². The molecule has 2 heterocycles. The van der Waals surface area contributed by atoms with Gasteiger partial charge in [-0.25, -0.2) is 0 Å². The Morgan fingerprint density at radius 1 is 1.32 bits per heavy atom. The van der Waals surface area contributed by atoms with Crippen molar-refractivity contribution in [2.24, 2.45) is 4.99 Å². The van der Waals surface area contributed by atoms with Gasteiger partial charge in [0.1, 0.15) is 5.84 Å². The molecule has 0 amide bonds. The smallest absolute Gasteiger partial charge is 0.111 e. The van der Waals surface area contributed by atoms with Crippen LogP contribution in [0.25, 0.3) is 0 Å². The average Bonchev–Trinajstić information content (AvgIpc) is 2.82. The Labute approximate surface area is 131 Å². The van der Waals surface area contributed by atoms with Gasteiger partial charge < -0.3 is 5.32 Å². The Morgan fingerprint density at radius 2 is 2.16 bits per heavy atom. The predicted octanol–water partition coefficient (Wildman–Crippen LogP) is 2.54. The third kappa shape index (κ3) is 3.76. The quantitative estimate of drug-likeness (QED) is 0.906. The minimum absolute atomic E-state index is 0. The summed E-state index contributed by atoms with van der Waals surface area (Å²) in [4.78, 5) is 6.87. The van der Waals surface area contributed by atoms with E-state index in [0.717, 1.165) is 50.0 Å². The molecule has 106 valence electrons. The van der Waals surface area contributed by atoms with E-state index in [2.05, 4.69) is 21.3 Å². The lowest BCUT2D eigenvalue weighted by Gasteiger charge is -2.29. The molecule has 3 nitrogen and oxygen atoms in total. The highest BCUT2D eigenvalue weighted by molar-refractivity contribution is 6.31. The van der Waals surface area contributed by atoms with Crippen LogP contribution < -0.4 is 5.32 Å². The first-order valence-electron chi connectivity index (χ1n) is 6.09. The largest absolute Gasteiger partial charge is 0.371 e. The van der Waals surface area contributed by atoms with Crippen molar-refractivity contribution in [3.05, 3.63) is 34.3 Å². The number of rotatable bonds is 2. The van der Waals surface area contributed by atoms with Gasteiger partial charge >= 0.3 is 0 Å². The number of amidine groups is 1. The van der Waals surface area contributed by atoms with Gasteiger partial charge in [-0.3, -0.25) is 9.89 Å². The van der Waals surface area contributed by atoms with Crippen molar-refractivity contribution in [2.75, 3.05) is 26.2 Å². The summed E-state index contributed by atoms with van der Waals surface area (Å²) < 4.78 is 0. The third-order valence-electron chi connectivity index (χ3n) is 3.40. The zero-order valence-electron chi connectivity index (χ0n) is 10.6. The van der Waals surface area contributed by atoms with Gasteiger partial charge in [0, 0.05) is 24.7 Å². The highest BCUT2D eigenvalue weighted by Gasteiger charge is 2.19. The van der Waals surface area contributed by atoms with E-state index in [0.29, 0.717) is 0 Å². The van der Waals surface area contributed by atoms with Crippen molar-refractivity contribution in [3.8, 4) is 0 Å². The fraction of sp³-hybridized carbons (Fsp3) is 0.462. The molecule has 0 saturated heterocycles. The van der Waals surface area contributed by atoms with Crippen molar-refractivity contribution in [1.29, 1.82) is 0 Å². The van der Waals surface area contributed by atoms with Crippen LogP contribution in [0.4, 0.5) is 0 Å². The van der Waals surface area contributed by atoms with E-state index >= 15 is 0 Å². The van der Waals surface area contributed by atoms with E-state index in [1.807, 2.05) is 12.1 Å². The fourth-order valence-electron chi connectivity index (χ4n) is 2.52. The topological polar surface area (TPSA) is 27.6 Å². The lowest BCUT2D eigenvalue weighted by atomic mass is 10.00. The van der Waals surface area contributed by atoms with Gasteiger partial charge in [0.05, 0.1) is 13.1 Å². The molecule has 0 fully saturated rings.